The van der Waals surface area contributed by atoms with Crippen molar-refractivity contribution >= 4 is 17.4 Å². The lowest BCUT2D eigenvalue weighted by Gasteiger charge is -2.61. The molecule has 4 aliphatic rings. The van der Waals surface area contributed by atoms with Crippen molar-refractivity contribution in [1.29, 1.82) is 0 Å². The van der Waals surface area contributed by atoms with Gasteiger partial charge in [-0.25, -0.2) is 0 Å². The molecule has 3 aromatic carbocycles. The number of anilines is 1. The summed E-state index contributed by atoms with van der Waals surface area (Å²) in [5.74, 6) is 1.99. The second-order valence-corrected chi connectivity index (χ2v) is 11.3. The predicted octanol–water partition coefficient (Wildman–Crippen LogP) is 6.92. The average molecular weight is 469 g/mol. The largest absolute Gasteiger partial charge is 0.369 e. The van der Waals surface area contributed by atoms with E-state index in [2.05, 4.69) is 108 Å². The van der Waals surface area contributed by atoms with Gasteiger partial charge in [0.2, 0.25) is 0 Å². The molecule has 0 radical (unpaired) electrons. The Labute approximate surface area is 209 Å². The van der Waals surface area contributed by atoms with Crippen LogP contribution in [0.25, 0.3) is 0 Å². The van der Waals surface area contributed by atoms with Gasteiger partial charge in [0.1, 0.15) is 0 Å². The number of hydrogen-bond acceptors (Lipinski definition) is 3. The van der Waals surface area contributed by atoms with E-state index in [1.54, 1.807) is 0 Å². The lowest BCUT2D eigenvalue weighted by molar-refractivity contribution is -0.0603. The molecule has 0 spiro atoms. The molecule has 0 amide bonds. The highest BCUT2D eigenvalue weighted by atomic mass is 32.2. The number of fused-ring (bicyclic) bond motifs is 2. The zero-order valence-electron chi connectivity index (χ0n) is 20.4. The summed E-state index contributed by atoms with van der Waals surface area (Å²) >= 11 is 1.87. The maximum Gasteiger partial charge on any atom is 0.0504 e. The molecule has 3 aromatic rings. The smallest absolute Gasteiger partial charge is 0.0504 e. The maximum absolute atomic E-state index is 2.96. The van der Waals surface area contributed by atoms with Gasteiger partial charge in [0.05, 0.1) is 5.69 Å². The average Bonchev–Trinajstić information content (AvgIpc) is 3.42. The molecule has 2 nitrogen and oxygen atoms in total. The van der Waals surface area contributed by atoms with Gasteiger partial charge >= 0.3 is 0 Å². The fraction of sp³-hybridized carbons (Fsp3) is 0.419. The number of rotatable bonds is 6. The summed E-state index contributed by atoms with van der Waals surface area (Å²) < 4.78 is 0. The highest BCUT2D eigenvalue weighted by Crippen LogP contribution is 2.54. The molecule has 2 bridgehead atoms. The van der Waals surface area contributed by atoms with Crippen LogP contribution in [-0.4, -0.2) is 42.9 Å². The minimum Gasteiger partial charge on any atom is -0.369 e. The van der Waals surface area contributed by atoms with Gasteiger partial charge in [-0.2, -0.15) is 0 Å². The van der Waals surface area contributed by atoms with Gasteiger partial charge < -0.3 is 4.90 Å². The fourth-order valence-corrected chi connectivity index (χ4v) is 8.33. The first-order valence-corrected chi connectivity index (χ1v) is 14.2. The Morgan fingerprint density at radius 3 is 2.12 bits per heavy atom. The van der Waals surface area contributed by atoms with Crippen LogP contribution < -0.4 is 4.90 Å². The highest BCUT2D eigenvalue weighted by Gasteiger charge is 2.57. The molecule has 34 heavy (non-hydrogen) atoms. The third-order valence-electron chi connectivity index (χ3n) is 8.97. The Hall–Kier alpha value is -2.23. The van der Waals surface area contributed by atoms with Gasteiger partial charge in [0.15, 0.2) is 0 Å². The van der Waals surface area contributed by atoms with Crippen molar-refractivity contribution in [2.45, 2.75) is 54.6 Å². The molecule has 6 atom stereocenters. The number of thioether (sulfide) groups is 1. The molecule has 3 aliphatic heterocycles. The third kappa shape index (κ3) is 3.69. The van der Waals surface area contributed by atoms with E-state index < -0.39 is 0 Å². The van der Waals surface area contributed by atoms with E-state index in [4.69, 9.17) is 0 Å². The first kappa shape index (κ1) is 22.2. The fourth-order valence-electron chi connectivity index (χ4n) is 7.70. The number of piperidine rings is 3. The van der Waals surface area contributed by atoms with E-state index in [1.165, 1.54) is 53.9 Å². The summed E-state index contributed by atoms with van der Waals surface area (Å²) in [7, 11) is 2.38. The SMILES string of the molecule is CSc1ccccc1N(C)C1C2CCN(C3CCCC23)C1C(c1ccccc1)c1ccccc1. The summed E-state index contributed by atoms with van der Waals surface area (Å²) in [4.78, 5) is 7.03. The lowest BCUT2D eigenvalue weighted by atomic mass is 9.64. The first-order valence-electron chi connectivity index (χ1n) is 13.0. The Bertz CT molecular complexity index is 1060. The molecule has 4 fully saturated rings. The summed E-state index contributed by atoms with van der Waals surface area (Å²) in [6, 6.07) is 33.4. The van der Waals surface area contributed by atoms with Crippen LogP contribution >= 0.6 is 11.8 Å². The molecular weight excluding hydrogens is 432 g/mol. The van der Waals surface area contributed by atoms with Crippen LogP contribution in [0.15, 0.2) is 89.8 Å². The molecule has 3 heterocycles. The monoisotopic (exact) mass is 468 g/mol. The Morgan fingerprint density at radius 2 is 1.44 bits per heavy atom. The van der Waals surface area contributed by atoms with Crippen LogP contribution in [0.1, 0.15) is 42.7 Å². The third-order valence-corrected chi connectivity index (χ3v) is 9.76. The molecule has 7 rings (SSSR count). The van der Waals surface area contributed by atoms with Crippen molar-refractivity contribution in [3.63, 3.8) is 0 Å². The van der Waals surface area contributed by atoms with E-state index >= 15 is 0 Å². The van der Waals surface area contributed by atoms with Gasteiger partial charge in [-0.05, 0) is 67.2 Å². The highest BCUT2D eigenvalue weighted by molar-refractivity contribution is 7.98. The number of nitrogens with zero attached hydrogens (tertiary/aromatic N) is 2. The zero-order chi connectivity index (χ0) is 23.1. The van der Waals surface area contributed by atoms with Crippen molar-refractivity contribution in [2.24, 2.45) is 11.8 Å². The van der Waals surface area contributed by atoms with Crippen LogP contribution in [-0.2, 0) is 0 Å². The second-order valence-electron chi connectivity index (χ2n) is 10.4. The van der Waals surface area contributed by atoms with Crippen LogP contribution in [0.5, 0.6) is 0 Å². The number of likely N-dealkylation sites (N-methyl/N-ethyl adjacent to an activating group) is 1. The summed E-state index contributed by atoms with van der Waals surface area (Å²) in [6.07, 6.45) is 7.74. The Kier molecular flexibility index (Phi) is 6.17. The van der Waals surface area contributed by atoms with Gasteiger partial charge in [-0.15, -0.1) is 11.8 Å². The molecule has 1 saturated carbocycles. The van der Waals surface area contributed by atoms with Crippen LogP contribution in [0, 0.1) is 11.8 Å². The topological polar surface area (TPSA) is 6.48 Å². The Morgan fingerprint density at radius 1 is 0.794 bits per heavy atom. The zero-order valence-corrected chi connectivity index (χ0v) is 21.2. The lowest BCUT2D eigenvalue weighted by Crippen LogP contribution is -2.70. The second kappa shape index (κ2) is 9.43. The molecule has 6 unspecified atom stereocenters. The first-order chi connectivity index (χ1) is 16.8. The summed E-state index contributed by atoms with van der Waals surface area (Å²) in [6.45, 7) is 1.25. The van der Waals surface area contributed by atoms with E-state index in [1.807, 2.05) is 11.8 Å². The molecule has 3 saturated heterocycles. The number of para-hydroxylation sites is 1. The molecule has 3 heteroatoms. The van der Waals surface area contributed by atoms with Crippen molar-refractivity contribution in [3.05, 3.63) is 96.1 Å². The van der Waals surface area contributed by atoms with Crippen LogP contribution in [0.2, 0.25) is 0 Å². The van der Waals surface area contributed by atoms with E-state index in [-0.39, 0.29) is 0 Å². The van der Waals surface area contributed by atoms with Crippen LogP contribution in [0.4, 0.5) is 5.69 Å². The maximum atomic E-state index is 2.96. The molecule has 1 aliphatic carbocycles. The van der Waals surface area contributed by atoms with Crippen molar-refractivity contribution in [2.75, 3.05) is 24.7 Å². The van der Waals surface area contributed by atoms with Gasteiger partial charge in [0.25, 0.3) is 0 Å². The quantitative estimate of drug-likeness (QED) is 0.363. The molecule has 0 aromatic heterocycles. The van der Waals surface area contributed by atoms with Gasteiger partial charge in [0, 0.05) is 36.0 Å². The Balaban J connectivity index is 1.51. The van der Waals surface area contributed by atoms with E-state index in [0.29, 0.717) is 18.0 Å². The summed E-state index contributed by atoms with van der Waals surface area (Å²) in [5.41, 5.74) is 4.31. The molecule has 176 valence electrons. The van der Waals surface area contributed by atoms with Crippen molar-refractivity contribution in [1.82, 2.24) is 4.90 Å². The van der Waals surface area contributed by atoms with E-state index in [0.717, 1.165) is 17.9 Å². The minimum absolute atomic E-state index is 0.376. The molecular formula is C31H36N2S. The van der Waals surface area contributed by atoms with Crippen molar-refractivity contribution < 1.29 is 0 Å². The normalized spacial score (nSPS) is 29.9. The van der Waals surface area contributed by atoms with E-state index in [9.17, 15) is 0 Å². The molecule has 0 N–H and O–H groups in total. The van der Waals surface area contributed by atoms with Gasteiger partial charge in [-0.1, -0.05) is 79.2 Å². The van der Waals surface area contributed by atoms with Crippen molar-refractivity contribution in [3.8, 4) is 0 Å². The van der Waals surface area contributed by atoms with Gasteiger partial charge in [-0.3, -0.25) is 4.90 Å². The summed E-state index contributed by atoms with van der Waals surface area (Å²) in [5, 5.41) is 0. The predicted molar refractivity (Wildman–Crippen MR) is 145 cm³/mol. The van der Waals surface area contributed by atoms with Crippen LogP contribution in [0.3, 0.4) is 0 Å². The number of hydrogen-bond donors (Lipinski definition) is 0. The number of benzene rings is 3. The minimum atomic E-state index is 0.376. The standard InChI is InChI=1S/C31H36N2S/c1-32(27-17-9-10-19-28(27)34-2)30-25-20-21-33(26-18-11-16-24(25)26)31(30)29(22-12-5-3-6-13-22)23-14-7-4-8-15-23/h3-10,12-15,17,19,24-26,29-31H,11,16,18,20-21H2,1-2H3.